The molecule has 0 aromatic heterocycles. The van der Waals surface area contributed by atoms with Crippen molar-refractivity contribution in [3.63, 3.8) is 0 Å². The maximum absolute atomic E-state index is 14.8. The molecule has 3 rings (SSSR count). The summed E-state index contributed by atoms with van der Waals surface area (Å²) in [7, 11) is -2.61. The van der Waals surface area contributed by atoms with Crippen LogP contribution < -0.4 is 10.5 Å². The van der Waals surface area contributed by atoms with Gasteiger partial charge in [0.05, 0.1) is 11.1 Å². The topological polar surface area (TPSA) is 78.6 Å². The Balaban J connectivity index is 2.04. The number of allylic oxidation sites excluding steroid dienone is 1. The van der Waals surface area contributed by atoms with Gasteiger partial charge in [0.25, 0.3) is 0 Å². The van der Waals surface area contributed by atoms with Gasteiger partial charge in [0.1, 0.15) is 17.7 Å². The van der Waals surface area contributed by atoms with Crippen molar-refractivity contribution >= 4 is 20.5 Å². The molecular formula is C22H22F3NO4Si. The van der Waals surface area contributed by atoms with Crippen LogP contribution >= 0.6 is 0 Å². The lowest BCUT2D eigenvalue weighted by atomic mass is 9.74. The van der Waals surface area contributed by atoms with Gasteiger partial charge in [-0.15, -0.1) is 0 Å². The second-order valence-corrected chi connectivity index (χ2v) is 13.7. The zero-order chi connectivity index (χ0) is 23.4. The molecule has 0 radical (unpaired) electrons. The Morgan fingerprint density at radius 1 is 1.23 bits per heavy atom. The van der Waals surface area contributed by atoms with E-state index in [2.05, 4.69) is 11.5 Å². The number of alkyl halides is 2. The molecule has 1 saturated carbocycles. The molecule has 0 bridgehead atoms. The fourth-order valence-corrected chi connectivity index (χ4v) is 4.17. The third kappa shape index (κ3) is 3.93. The van der Waals surface area contributed by atoms with Gasteiger partial charge >= 0.3 is 5.92 Å². The lowest BCUT2D eigenvalue weighted by Crippen LogP contribution is -2.58. The Labute approximate surface area is 178 Å². The van der Waals surface area contributed by atoms with Crippen LogP contribution in [-0.2, 0) is 9.22 Å². The molecule has 2 N–H and O–H groups in total. The Hall–Kier alpha value is -2.83. The summed E-state index contributed by atoms with van der Waals surface area (Å²) in [4.78, 5) is 23.2. The van der Waals surface area contributed by atoms with Gasteiger partial charge in [0, 0.05) is 17.2 Å². The average Bonchev–Trinajstić information content (AvgIpc) is 2.64. The predicted molar refractivity (Wildman–Crippen MR) is 110 cm³/mol. The number of amides is 1. The van der Waals surface area contributed by atoms with Crippen LogP contribution in [0.15, 0.2) is 52.1 Å². The van der Waals surface area contributed by atoms with Crippen LogP contribution in [-0.4, -0.2) is 32.5 Å². The van der Waals surface area contributed by atoms with Crippen molar-refractivity contribution in [3.05, 3.63) is 63.5 Å². The average molecular weight is 450 g/mol. The molecule has 1 amide bonds. The minimum absolute atomic E-state index is 0.0231. The van der Waals surface area contributed by atoms with Gasteiger partial charge in [-0.1, -0.05) is 26.5 Å². The van der Waals surface area contributed by atoms with E-state index in [1.165, 1.54) is 6.07 Å². The van der Waals surface area contributed by atoms with Crippen LogP contribution in [0, 0.1) is 5.82 Å². The lowest BCUT2D eigenvalue weighted by Gasteiger charge is -2.48. The summed E-state index contributed by atoms with van der Waals surface area (Å²) in [6.45, 7) is 9.40. The Bertz CT molecular complexity index is 1120. The number of hydrogen-bond donors (Lipinski definition) is 1. The molecule has 1 fully saturated rings. The minimum Gasteiger partial charge on any atom is -0.447 e. The molecule has 2 aliphatic carbocycles. The highest BCUT2D eigenvalue weighted by Gasteiger charge is 2.63. The lowest BCUT2D eigenvalue weighted by molar-refractivity contribution is -0.106. The maximum Gasteiger partial charge on any atom is 0.309 e. The molecule has 1 atom stereocenters. The summed E-state index contributed by atoms with van der Waals surface area (Å²) >= 11 is 0. The summed E-state index contributed by atoms with van der Waals surface area (Å²) in [6.07, 6.45) is -1.27. The number of nitrogens with two attached hydrogens (primary N) is 1. The van der Waals surface area contributed by atoms with Crippen molar-refractivity contribution in [2.24, 2.45) is 5.73 Å². The first-order valence-electron chi connectivity index (χ1n) is 9.49. The van der Waals surface area contributed by atoms with E-state index in [1.807, 2.05) is 33.9 Å². The summed E-state index contributed by atoms with van der Waals surface area (Å²) in [6, 6.07) is 3.06. The monoisotopic (exact) mass is 449 g/mol. The fraction of sp³-hybridized carbons (Fsp3) is 0.364. The number of ether oxygens (including phenoxy) is 1. The first-order chi connectivity index (χ1) is 14.2. The van der Waals surface area contributed by atoms with Crippen LogP contribution in [0.5, 0.6) is 5.75 Å². The van der Waals surface area contributed by atoms with E-state index in [0.29, 0.717) is 6.29 Å². The van der Waals surface area contributed by atoms with E-state index < -0.39 is 37.6 Å². The summed E-state index contributed by atoms with van der Waals surface area (Å²) in [5.74, 6) is -5.38. The van der Waals surface area contributed by atoms with Crippen molar-refractivity contribution in [1.29, 1.82) is 0 Å². The largest absolute Gasteiger partial charge is 0.447 e. The van der Waals surface area contributed by atoms with E-state index in [1.54, 1.807) is 0 Å². The molecule has 0 heterocycles. The number of aldehydes is 1. The summed E-state index contributed by atoms with van der Waals surface area (Å²) in [5.41, 5.74) is 9.05. The minimum atomic E-state index is -3.34. The molecule has 1 unspecified atom stereocenters. The second-order valence-electron chi connectivity index (χ2n) is 8.92. The van der Waals surface area contributed by atoms with Gasteiger partial charge < -0.3 is 14.9 Å². The first kappa shape index (κ1) is 22.8. The molecular weight excluding hydrogens is 427 g/mol. The van der Waals surface area contributed by atoms with Crippen LogP contribution in [0.1, 0.15) is 31.1 Å². The zero-order valence-electron chi connectivity index (χ0n) is 17.7. The van der Waals surface area contributed by atoms with Gasteiger partial charge in [-0.25, -0.2) is 4.39 Å². The first-order valence-corrected chi connectivity index (χ1v) is 12.4. The van der Waals surface area contributed by atoms with Crippen molar-refractivity contribution in [2.75, 3.05) is 0 Å². The Kier molecular flexibility index (Phi) is 5.45. The highest BCUT2D eigenvalue weighted by molar-refractivity contribution is 6.74. The van der Waals surface area contributed by atoms with Gasteiger partial charge in [0.15, 0.2) is 20.4 Å². The van der Waals surface area contributed by atoms with Crippen LogP contribution in [0.3, 0.4) is 0 Å². The zero-order valence-corrected chi connectivity index (χ0v) is 18.7. The number of rotatable bonds is 6. The summed E-state index contributed by atoms with van der Waals surface area (Å²) < 4.78 is 54.8. The number of halogens is 3. The Morgan fingerprint density at radius 3 is 2.42 bits per heavy atom. The Morgan fingerprint density at radius 2 is 1.87 bits per heavy atom. The van der Waals surface area contributed by atoms with Crippen molar-refractivity contribution in [1.82, 2.24) is 0 Å². The SMILES string of the molecule is CC(C)(C)[Si](C)(C)OC1C2=C(C=O)C(Oc3cc(F)cc(C(N)=O)c3)=C=C=C2C1(F)F. The predicted octanol–water partition coefficient (Wildman–Crippen LogP) is 4.42. The van der Waals surface area contributed by atoms with Crippen molar-refractivity contribution in [2.45, 2.75) is 50.9 Å². The van der Waals surface area contributed by atoms with Crippen LogP contribution in [0.25, 0.3) is 0 Å². The fourth-order valence-electron chi connectivity index (χ4n) is 2.96. The quantitative estimate of drug-likeness (QED) is 0.396. The van der Waals surface area contributed by atoms with E-state index in [0.717, 1.165) is 12.1 Å². The molecule has 1 aromatic rings. The molecule has 31 heavy (non-hydrogen) atoms. The van der Waals surface area contributed by atoms with E-state index >= 15 is 0 Å². The number of carbonyl (C=O) groups is 2. The van der Waals surface area contributed by atoms with E-state index in [4.69, 9.17) is 14.9 Å². The second kappa shape index (κ2) is 7.39. The number of carbonyl (C=O) groups excluding carboxylic acids is 2. The highest BCUT2D eigenvalue weighted by atomic mass is 28.4. The molecule has 2 aliphatic rings. The van der Waals surface area contributed by atoms with E-state index in [9.17, 15) is 22.8 Å². The van der Waals surface area contributed by atoms with Gasteiger partial charge in [-0.2, -0.15) is 8.78 Å². The van der Waals surface area contributed by atoms with Crippen molar-refractivity contribution in [3.8, 4) is 5.75 Å². The maximum atomic E-state index is 14.8. The number of hydrogen-bond acceptors (Lipinski definition) is 4. The normalized spacial score (nSPS) is 19.8. The van der Waals surface area contributed by atoms with E-state index in [-0.39, 0.29) is 33.3 Å². The highest BCUT2D eigenvalue weighted by Crippen LogP contribution is 2.54. The smallest absolute Gasteiger partial charge is 0.309 e. The van der Waals surface area contributed by atoms with Gasteiger partial charge in [-0.05, 0) is 36.0 Å². The van der Waals surface area contributed by atoms with Gasteiger partial charge in [-0.3, -0.25) is 9.59 Å². The molecule has 0 spiro atoms. The van der Waals surface area contributed by atoms with Gasteiger partial charge in [0.2, 0.25) is 5.91 Å². The third-order valence-electron chi connectivity index (χ3n) is 5.74. The summed E-state index contributed by atoms with van der Waals surface area (Å²) in [5, 5.41) is -0.336. The molecule has 0 aliphatic heterocycles. The number of benzene rings is 1. The number of fused-ring (bicyclic) bond motifs is 1. The molecule has 5 nitrogen and oxygen atoms in total. The van der Waals surface area contributed by atoms with Crippen molar-refractivity contribution < 1.29 is 31.9 Å². The molecule has 0 saturated heterocycles. The number of primary amides is 1. The molecule has 1 aromatic carbocycles. The third-order valence-corrected chi connectivity index (χ3v) is 10.2. The standard InChI is InChI=1S/C22H22F3NO4Si/c1-21(2,3)31(4,5)30-19-18-15(11-27)17(7-6-16(18)22(19,24)25)29-14-9-12(20(26)28)8-13(23)10-14/h8-11,19H,1-5H3,(H2,26,28). The van der Waals surface area contributed by atoms with Crippen LogP contribution in [0.2, 0.25) is 18.1 Å². The van der Waals surface area contributed by atoms with Crippen LogP contribution in [0.4, 0.5) is 13.2 Å². The molecule has 164 valence electrons. The molecule has 9 heteroatoms.